The number of anilines is 1. The minimum absolute atomic E-state index is 0.249. The van der Waals surface area contributed by atoms with Crippen LogP contribution in [0.2, 0.25) is 5.28 Å². The molecule has 3 aromatic heterocycles. The molecule has 0 saturated carbocycles. The zero-order valence-electron chi connectivity index (χ0n) is 20.6. The maximum atomic E-state index is 11.8. The highest BCUT2D eigenvalue weighted by Crippen LogP contribution is 2.29. The number of carbonyl (C=O) groups excluding carboxylic acids is 1. The number of unbranched alkanes of at least 4 members (excludes halogenated alkanes) is 1. The van der Waals surface area contributed by atoms with E-state index in [1.165, 1.54) is 0 Å². The van der Waals surface area contributed by atoms with Gasteiger partial charge in [0.15, 0.2) is 17.0 Å². The smallest absolute Gasteiger partial charge is 0.374 e. The minimum atomic E-state index is -0.425. The Kier molecular flexibility index (Phi) is 8.46. The highest BCUT2D eigenvalue weighted by Gasteiger charge is 2.24. The molecule has 35 heavy (non-hydrogen) atoms. The lowest BCUT2D eigenvalue weighted by Gasteiger charge is -2.31. The molecule has 11 heteroatoms. The summed E-state index contributed by atoms with van der Waals surface area (Å²) in [6.45, 7) is 8.03. The molecule has 0 aliphatic carbocycles. The van der Waals surface area contributed by atoms with Crippen LogP contribution >= 0.6 is 11.6 Å². The van der Waals surface area contributed by atoms with Crippen molar-refractivity contribution in [3.05, 3.63) is 28.9 Å². The van der Waals surface area contributed by atoms with Gasteiger partial charge in [-0.05, 0) is 68.9 Å². The Labute approximate surface area is 210 Å². The van der Waals surface area contributed by atoms with Gasteiger partial charge >= 0.3 is 12.0 Å². The van der Waals surface area contributed by atoms with Gasteiger partial charge in [0.1, 0.15) is 5.76 Å². The van der Waals surface area contributed by atoms with E-state index in [9.17, 15) is 4.79 Å². The second kappa shape index (κ2) is 11.7. The molecular formula is C24H33ClN6O4. The number of aromatic nitrogens is 4. The molecule has 10 nitrogen and oxygen atoms in total. The average molecular weight is 505 g/mol. The summed E-state index contributed by atoms with van der Waals surface area (Å²) in [5.74, 6) is 1.63. The van der Waals surface area contributed by atoms with Crippen molar-refractivity contribution >= 4 is 34.6 Å². The molecule has 1 fully saturated rings. The van der Waals surface area contributed by atoms with Gasteiger partial charge in [-0.15, -0.1) is 0 Å². The number of carbonyl (C=O) groups is 1. The molecule has 4 heterocycles. The van der Waals surface area contributed by atoms with Gasteiger partial charge in [-0.3, -0.25) is 9.47 Å². The molecule has 1 aliphatic heterocycles. The highest BCUT2D eigenvalue weighted by molar-refractivity contribution is 6.29. The fourth-order valence-corrected chi connectivity index (χ4v) is 4.48. The van der Waals surface area contributed by atoms with Crippen molar-refractivity contribution in [2.45, 2.75) is 52.6 Å². The van der Waals surface area contributed by atoms with E-state index in [1.54, 1.807) is 20.0 Å². The minimum Gasteiger partial charge on any atom is -0.463 e. The Morgan fingerprint density at radius 1 is 1.23 bits per heavy atom. The molecule has 0 atom stereocenters. The third kappa shape index (κ3) is 6.05. The molecule has 4 rings (SSSR count). The lowest BCUT2D eigenvalue weighted by molar-refractivity contribution is 0.0485. The van der Waals surface area contributed by atoms with E-state index in [4.69, 9.17) is 25.5 Å². The Bertz CT molecular complexity index is 1140. The van der Waals surface area contributed by atoms with Crippen molar-refractivity contribution in [3.63, 3.8) is 0 Å². The lowest BCUT2D eigenvalue weighted by atomic mass is 9.96. The third-order valence-corrected chi connectivity index (χ3v) is 6.45. The number of ether oxygens (including phenoxy) is 2. The number of esters is 1. The summed E-state index contributed by atoms with van der Waals surface area (Å²) in [4.78, 5) is 27.7. The second-order valence-corrected chi connectivity index (χ2v) is 9.01. The molecule has 0 unspecified atom stereocenters. The first kappa shape index (κ1) is 25.2. The summed E-state index contributed by atoms with van der Waals surface area (Å²) in [5.41, 5.74) is 1.33. The topological polar surface area (TPSA) is 108 Å². The van der Waals surface area contributed by atoms with E-state index >= 15 is 0 Å². The van der Waals surface area contributed by atoms with E-state index in [2.05, 4.69) is 32.1 Å². The standard InChI is InChI=1S/C24H33ClN6O4/c1-4-6-13-34-24-28-20(26-3)19-21(29-24)31(23(25)27-19)14-16-9-11-30(12-10-16)15-17-7-8-18(35-17)22(32)33-5-2/h7-8,16H,4-6,9-15H2,1-3H3,(H,26,28,29). The molecule has 0 aromatic carbocycles. The molecule has 3 aromatic rings. The van der Waals surface area contributed by atoms with Gasteiger partial charge in [0, 0.05) is 13.6 Å². The number of halogens is 1. The van der Waals surface area contributed by atoms with Crippen LogP contribution in [-0.4, -0.2) is 63.7 Å². The number of rotatable bonds is 11. The molecule has 0 bridgehead atoms. The van der Waals surface area contributed by atoms with Crippen LogP contribution in [0.5, 0.6) is 6.01 Å². The predicted octanol–water partition coefficient (Wildman–Crippen LogP) is 4.38. The summed E-state index contributed by atoms with van der Waals surface area (Å²) in [6, 6.07) is 3.85. The largest absolute Gasteiger partial charge is 0.463 e. The zero-order chi connectivity index (χ0) is 24.8. The maximum Gasteiger partial charge on any atom is 0.374 e. The number of imidazole rings is 1. The van der Waals surface area contributed by atoms with Gasteiger partial charge in [0.25, 0.3) is 0 Å². The fourth-order valence-electron chi connectivity index (χ4n) is 4.24. The van der Waals surface area contributed by atoms with E-state index in [1.807, 2.05) is 10.6 Å². The first-order valence-electron chi connectivity index (χ1n) is 12.2. The summed E-state index contributed by atoms with van der Waals surface area (Å²) in [5, 5.41) is 3.48. The van der Waals surface area contributed by atoms with Crippen LogP contribution in [-0.2, 0) is 17.8 Å². The number of hydrogen-bond donors (Lipinski definition) is 1. The Morgan fingerprint density at radius 3 is 2.74 bits per heavy atom. The first-order chi connectivity index (χ1) is 17.0. The van der Waals surface area contributed by atoms with Crippen LogP contribution in [0.25, 0.3) is 11.2 Å². The van der Waals surface area contributed by atoms with Gasteiger partial charge in [0.05, 0.1) is 19.8 Å². The molecule has 1 saturated heterocycles. The van der Waals surface area contributed by atoms with Crippen LogP contribution in [0.15, 0.2) is 16.5 Å². The third-order valence-electron chi connectivity index (χ3n) is 6.16. The molecule has 0 amide bonds. The quantitative estimate of drug-likeness (QED) is 0.231. The van der Waals surface area contributed by atoms with Crippen LogP contribution in [0.4, 0.5) is 5.82 Å². The summed E-state index contributed by atoms with van der Waals surface area (Å²) < 4.78 is 18.4. The highest BCUT2D eigenvalue weighted by atomic mass is 35.5. The number of furan rings is 1. The van der Waals surface area contributed by atoms with Gasteiger partial charge in [-0.2, -0.15) is 9.97 Å². The van der Waals surface area contributed by atoms with Crippen LogP contribution in [0.3, 0.4) is 0 Å². The van der Waals surface area contributed by atoms with E-state index in [0.29, 0.717) is 54.0 Å². The van der Waals surface area contributed by atoms with Gasteiger partial charge in [-0.1, -0.05) is 13.3 Å². The number of fused-ring (bicyclic) bond motifs is 1. The Morgan fingerprint density at radius 2 is 2.03 bits per heavy atom. The molecular weight excluding hydrogens is 472 g/mol. The van der Waals surface area contributed by atoms with Crippen molar-refractivity contribution in [3.8, 4) is 6.01 Å². The van der Waals surface area contributed by atoms with Gasteiger partial charge in [0.2, 0.25) is 11.0 Å². The first-order valence-corrected chi connectivity index (χ1v) is 12.6. The van der Waals surface area contributed by atoms with Crippen LogP contribution in [0.1, 0.15) is 55.8 Å². The fraction of sp³-hybridized carbons (Fsp3) is 0.583. The molecule has 190 valence electrons. The van der Waals surface area contributed by atoms with Crippen molar-refractivity contribution < 1.29 is 18.7 Å². The van der Waals surface area contributed by atoms with Crippen molar-refractivity contribution in [2.24, 2.45) is 5.92 Å². The number of hydrogen-bond acceptors (Lipinski definition) is 9. The number of nitrogens with one attached hydrogen (secondary N) is 1. The second-order valence-electron chi connectivity index (χ2n) is 8.68. The number of nitrogens with zero attached hydrogens (tertiary/aromatic N) is 5. The molecule has 1 N–H and O–H groups in total. The molecule has 0 spiro atoms. The number of piperidine rings is 1. The normalized spacial score (nSPS) is 15.0. The predicted molar refractivity (Wildman–Crippen MR) is 133 cm³/mol. The lowest BCUT2D eigenvalue weighted by Crippen LogP contribution is -2.34. The monoisotopic (exact) mass is 504 g/mol. The van der Waals surface area contributed by atoms with Gasteiger partial charge < -0.3 is 19.2 Å². The maximum absolute atomic E-state index is 11.8. The zero-order valence-corrected chi connectivity index (χ0v) is 21.3. The van der Waals surface area contributed by atoms with Crippen molar-refractivity contribution in [2.75, 3.05) is 38.7 Å². The SMILES string of the molecule is CCCCOc1nc(NC)c2nc(Cl)n(CC3CCN(Cc4ccc(C(=O)OCC)o4)CC3)c2n1. The number of likely N-dealkylation sites (tertiary alicyclic amines) is 1. The molecule has 1 aliphatic rings. The summed E-state index contributed by atoms with van der Waals surface area (Å²) in [6.07, 6.45) is 3.99. The Hall–Kier alpha value is -2.85. The summed E-state index contributed by atoms with van der Waals surface area (Å²) in [7, 11) is 1.80. The van der Waals surface area contributed by atoms with E-state index in [0.717, 1.165) is 51.1 Å². The average Bonchev–Trinajstić information content (AvgIpc) is 3.45. The van der Waals surface area contributed by atoms with E-state index < -0.39 is 5.97 Å². The van der Waals surface area contributed by atoms with Crippen molar-refractivity contribution in [1.29, 1.82) is 0 Å². The summed E-state index contributed by atoms with van der Waals surface area (Å²) >= 11 is 6.54. The van der Waals surface area contributed by atoms with Crippen LogP contribution in [0, 0.1) is 5.92 Å². The Balaban J connectivity index is 1.39. The van der Waals surface area contributed by atoms with E-state index in [-0.39, 0.29) is 5.76 Å². The van der Waals surface area contributed by atoms with Crippen molar-refractivity contribution in [1.82, 2.24) is 24.4 Å². The molecule has 0 radical (unpaired) electrons. The van der Waals surface area contributed by atoms with Crippen LogP contribution < -0.4 is 10.1 Å². The van der Waals surface area contributed by atoms with Gasteiger partial charge in [-0.25, -0.2) is 9.78 Å².